The Morgan fingerprint density at radius 1 is 1.17 bits per heavy atom. The molecule has 11 nitrogen and oxygen atoms in total. The number of hydrogen-bond acceptors (Lipinski definition) is 8. The van der Waals surface area contributed by atoms with Gasteiger partial charge in [0.05, 0.1) is 23.9 Å². The summed E-state index contributed by atoms with van der Waals surface area (Å²) in [5.41, 5.74) is 0.774. The molecule has 184 valence electrons. The maximum absolute atomic E-state index is 14.5. The second-order valence-electron chi connectivity index (χ2n) is 8.30. The second-order valence-corrected chi connectivity index (χ2v) is 8.30. The average molecular weight is 492 g/mol. The highest BCUT2D eigenvalue weighted by Crippen LogP contribution is 2.31. The van der Waals surface area contributed by atoms with Crippen LogP contribution in [0.3, 0.4) is 0 Å². The highest BCUT2D eigenvalue weighted by Gasteiger charge is 2.34. The highest BCUT2D eigenvalue weighted by molar-refractivity contribution is 5.79. The molecule has 36 heavy (non-hydrogen) atoms. The molecule has 13 heteroatoms. The van der Waals surface area contributed by atoms with Crippen LogP contribution >= 0.6 is 0 Å². The van der Waals surface area contributed by atoms with Crippen molar-refractivity contribution >= 4 is 18.2 Å². The quantitative estimate of drug-likeness (QED) is 0.549. The maximum atomic E-state index is 14.5. The van der Waals surface area contributed by atoms with Crippen LogP contribution in [0.5, 0.6) is 0 Å². The Balaban J connectivity index is 1.28. The van der Waals surface area contributed by atoms with Crippen molar-refractivity contribution in [3.05, 3.63) is 53.5 Å². The Hall–Kier alpha value is -4.47. The van der Waals surface area contributed by atoms with Crippen molar-refractivity contribution in [2.45, 2.75) is 25.9 Å². The minimum absolute atomic E-state index is 0.0685. The molecule has 2 aliphatic rings. The molecule has 5 rings (SSSR count). The third kappa shape index (κ3) is 4.33. The normalized spacial score (nSPS) is 17.5. The van der Waals surface area contributed by atoms with Crippen molar-refractivity contribution in [1.29, 1.82) is 5.26 Å². The molecule has 2 amide bonds. The summed E-state index contributed by atoms with van der Waals surface area (Å²) in [7, 11) is 0. The van der Waals surface area contributed by atoms with E-state index in [0.717, 1.165) is 12.3 Å². The molecule has 0 bridgehead atoms. The van der Waals surface area contributed by atoms with Gasteiger partial charge in [-0.15, -0.1) is 0 Å². The molecule has 1 saturated heterocycles. The van der Waals surface area contributed by atoms with E-state index in [1.807, 2.05) is 17.9 Å². The van der Waals surface area contributed by atoms with Crippen molar-refractivity contribution in [2.24, 2.45) is 5.10 Å². The summed E-state index contributed by atoms with van der Waals surface area (Å²) in [6.45, 7) is 3.98. The first-order valence-corrected chi connectivity index (χ1v) is 11.4. The Kier molecular flexibility index (Phi) is 6.24. The standard InChI is InChI=1S/C23H22F2N10O/c1-2-34-21(28-14-30-34)20-18(25)13-27-22(31-20)32-5-7-33(8-6-32)23(36)35-19(3-4-29-35)16-9-15(12-26)10-17(24)11-16/h4,9-11,13-14,19H,2-3,5-8H2,1H3/t19-/m0/s1. The number of carbonyl (C=O) groups is 1. The van der Waals surface area contributed by atoms with Gasteiger partial charge in [0.15, 0.2) is 11.6 Å². The van der Waals surface area contributed by atoms with Crippen LogP contribution in [0.4, 0.5) is 19.5 Å². The minimum Gasteiger partial charge on any atom is -0.337 e. The first-order chi connectivity index (χ1) is 17.5. The fourth-order valence-corrected chi connectivity index (χ4v) is 4.33. The number of carbonyl (C=O) groups excluding carboxylic acids is 1. The van der Waals surface area contributed by atoms with Crippen LogP contribution in [0.1, 0.15) is 30.5 Å². The molecule has 4 heterocycles. The van der Waals surface area contributed by atoms with Crippen molar-refractivity contribution < 1.29 is 13.6 Å². The van der Waals surface area contributed by atoms with E-state index in [9.17, 15) is 13.6 Å². The van der Waals surface area contributed by atoms with E-state index in [2.05, 4.69) is 25.2 Å². The monoisotopic (exact) mass is 492 g/mol. The van der Waals surface area contributed by atoms with E-state index < -0.39 is 17.7 Å². The van der Waals surface area contributed by atoms with E-state index in [4.69, 9.17) is 5.26 Å². The van der Waals surface area contributed by atoms with Gasteiger partial charge < -0.3 is 9.80 Å². The number of hydrazone groups is 1. The lowest BCUT2D eigenvalue weighted by molar-refractivity contribution is 0.139. The first kappa shape index (κ1) is 23.3. The maximum Gasteiger partial charge on any atom is 0.341 e. The van der Waals surface area contributed by atoms with Crippen molar-refractivity contribution in [3.8, 4) is 17.6 Å². The van der Waals surface area contributed by atoms with Gasteiger partial charge in [-0.2, -0.15) is 15.5 Å². The van der Waals surface area contributed by atoms with E-state index in [-0.39, 0.29) is 17.3 Å². The number of nitriles is 1. The van der Waals surface area contributed by atoms with Gasteiger partial charge in [0.2, 0.25) is 5.95 Å². The fraction of sp³-hybridized carbons (Fsp3) is 0.348. The van der Waals surface area contributed by atoms with Crippen LogP contribution in [0.15, 0.2) is 35.8 Å². The zero-order chi connectivity index (χ0) is 25.2. The van der Waals surface area contributed by atoms with Gasteiger partial charge in [0.1, 0.15) is 17.8 Å². The largest absolute Gasteiger partial charge is 0.341 e. The molecule has 2 aliphatic heterocycles. The molecule has 0 radical (unpaired) electrons. The summed E-state index contributed by atoms with van der Waals surface area (Å²) < 4.78 is 30.0. The zero-order valence-electron chi connectivity index (χ0n) is 19.4. The zero-order valence-corrected chi connectivity index (χ0v) is 19.4. The number of hydrogen-bond donors (Lipinski definition) is 0. The third-order valence-corrected chi connectivity index (χ3v) is 6.15. The number of urea groups is 1. The molecule has 3 aromatic rings. The van der Waals surface area contributed by atoms with Crippen LogP contribution < -0.4 is 4.90 Å². The molecule has 0 aliphatic carbocycles. The number of aromatic nitrogens is 5. The molecule has 0 N–H and O–H groups in total. The van der Waals surface area contributed by atoms with Crippen LogP contribution in [0.2, 0.25) is 0 Å². The SMILES string of the molecule is CCn1ncnc1-c1nc(N2CCN(C(=O)N3N=CC[C@H]3c3cc(F)cc(C#N)c3)CC2)ncc1F. The molecular formula is C23H22F2N10O. The number of amides is 2. The summed E-state index contributed by atoms with van der Waals surface area (Å²) in [6, 6.07) is 5.18. The van der Waals surface area contributed by atoms with Crippen LogP contribution in [0, 0.1) is 23.0 Å². The van der Waals surface area contributed by atoms with E-state index in [0.29, 0.717) is 56.5 Å². The summed E-state index contributed by atoms with van der Waals surface area (Å²) in [5, 5.41) is 18.8. The molecule has 2 aromatic heterocycles. The summed E-state index contributed by atoms with van der Waals surface area (Å²) >= 11 is 0. The summed E-state index contributed by atoms with van der Waals surface area (Å²) in [6.07, 6.45) is 4.50. The molecule has 1 fully saturated rings. The van der Waals surface area contributed by atoms with Gasteiger partial charge in [-0.3, -0.25) is 0 Å². The molecule has 0 saturated carbocycles. The number of halogens is 2. The molecule has 1 aromatic carbocycles. The van der Waals surface area contributed by atoms with Crippen LogP contribution in [-0.4, -0.2) is 73.1 Å². The molecule has 0 unspecified atom stereocenters. The van der Waals surface area contributed by atoms with Crippen molar-refractivity contribution in [1.82, 2.24) is 34.6 Å². The van der Waals surface area contributed by atoms with E-state index >= 15 is 0 Å². The number of aryl methyl sites for hydroxylation is 1. The summed E-state index contributed by atoms with van der Waals surface area (Å²) in [5.74, 6) is -0.467. The molecule has 1 atom stereocenters. The van der Waals surface area contributed by atoms with Crippen molar-refractivity contribution in [2.75, 3.05) is 31.1 Å². The van der Waals surface area contributed by atoms with E-state index in [1.165, 1.54) is 17.4 Å². The molecule has 0 spiro atoms. The molecular weight excluding hydrogens is 470 g/mol. The van der Waals surface area contributed by atoms with Gasteiger partial charge in [-0.05, 0) is 30.7 Å². The number of rotatable bonds is 4. The Morgan fingerprint density at radius 3 is 2.72 bits per heavy atom. The van der Waals surface area contributed by atoms with Gasteiger partial charge in [-0.1, -0.05) is 0 Å². The van der Waals surface area contributed by atoms with Gasteiger partial charge in [0, 0.05) is 45.4 Å². The lowest BCUT2D eigenvalue weighted by Gasteiger charge is -2.37. The fourth-order valence-electron chi connectivity index (χ4n) is 4.33. The van der Waals surface area contributed by atoms with Gasteiger partial charge in [0.25, 0.3) is 0 Å². The lowest BCUT2D eigenvalue weighted by Crippen LogP contribution is -2.52. The highest BCUT2D eigenvalue weighted by atomic mass is 19.1. The Bertz CT molecular complexity index is 1360. The number of anilines is 1. The smallest absolute Gasteiger partial charge is 0.337 e. The first-order valence-electron chi connectivity index (χ1n) is 11.4. The minimum atomic E-state index is -0.592. The number of benzene rings is 1. The lowest BCUT2D eigenvalue weighted by atomic mass is 10.0. The van der Waals surface area contributed by atoms with Crippen molar-refractivity contribution in [3.63, 3.8) is 0 Å². The number of nitrogens with zero attached hydrogens (tertiary/aromatic N) is 10. The van der Waals surface area contributed by atoms with E-state index in [1.54, 1.807) is 21.9 Å². The Labute approximate surface area is 205 Å². The predicted octanol–water partition coefficient (Wildman–Crippen LogP) is 2.58. The van der Waals surface area contributed by atoms with Gasteiger partial charge >= 0.3 is 6.03 Å². The topological polar surface area (TPSA) is 119 Å². The van der Waals surface area contributed by atoms with Gasteiger partial charge in [-0.25, -0.2) is 38.2 Å². The second kappa shape index (κ2) is 9.65. The van der Waals surface area contributed by atoms with Crippen LogP contribution in [0.25, 0.3) is 11.5 Å². The van der Waals surface area contributed by atoms with Crippen LogP contribution in [-0.2, 0) is 6.54 Å². The Morgan fingerprint density at radius 2 is 1.97 bits per heavy atom. The summed E-state index contributed by atoms with van der Waals surface area (Å²) in [4.78, 5) is 29.4. The number of piperazine rings is 1. The predicted molar refractivity (Wildman–Crippen MR) is 125 cm³/mol. The average Bonchev–Trinajstić information content (AvgIpc) is 3.58. The third-order valence-electron chi connectivity index (χ3n) is 6.15.